The summed E-state index contributed by atoms with van der Waals surface area (Å²) in [5, 5.41) is 35.3. The van der Waals surface area contributed by atoms with Gasteiger partial charge in [0.2, 0.25) is 5.95 Å². The number of thiophene rings is 1. The number of rotatable bonds is 6. The van der Waals surface area contributed by atoms with Crippen molar-refractivity contribution in [1.29, 1.82) is 5.26 Å². The third-order valence-electron chi connectivity index (χ3n) is 7.12. The van der Waals surface area contributed by atoms with E-state index in [0.29, 0.717) is 47.8 Å². The molecule has 3 aliphatic heterocycles. The third-order valence-corrected chi connectivity index (χ3v) is 7.93. The molecule has 0 aliphatic carbocycles. The molecule has 0 amide bonds. The van der Waals surface area contributed by atoms with E-state index >= 15 is 0 Å². The lowest BCUT2D eigenvalue weighted by Gasteiger charge is -2.59. The molecular weight excluding hydrogens is 412 g/mol. The zero-order chi connectivity index (χ0) is 21.0. The predicted molar refractivity (Wildman–Crippen MR) is 118 cm³/mol. The average molecular weight is 437 g/mol. The Morgan fingerprint density at radius 2 is 2.26 bits per heavy atom. The van der Waals surface area contributed by atoms with Gasteiger partial charge in [0.1, 0.15) is 10.6 Å². The summed E-state index contributed by atoms with van der Waals surface area (Å²) in [6.07, 6.45) is 6.27. The minimum Gasteiger partial charge on any atom is -0.390 e. The number of nitriles is 1. The van der Waals surface area contributed by atoms with E-state index in [9.17, 15) is 10.4 Å². The molecule has 3 fully saturated rings. The van der Waals surface area contributed by atoms with Crippen molar-refractivity contribution in [2.24, 2.45) is 0 Å². The van der Waals surface area contributed by atoms with Crippen LogP contribution in [0.4, 0.5) is 17.6 Å². The van der Waals surface area contributed by atoms with Crippen LogP contribution in [0.25, 0.3) is 10.2 Å². The lowest BCUT2D eigenvalue weighted by Crippen LogP contribution is -2.68. The predicted octanol–water partition coefficient (Wildman–Crippen LogP) is 3.11. The molecule has 0 saturated carbocycles. The van der Waals surface area contributed by atoms with Gasteiger partial charge >= 0.3 is 0 Å². The molecule has 0 aromatic carbocycles. The maximum Gasteiger partial charge on any atom is 0.226 e. The summed E-state index contributed by atoms with van der Waals surface area (Å²) in [5.74, 6) is 1.96. The fourth-order valence-corrected chi connectivity index (χ4v) is 6.70. The number of nitrogens with one attached hydrogen (secondary N) is 3. The van der Waals surface area contributed by atoms with Crippen molar-refractivity contribution in [3.63, 3.8) is 0 Å². The number of aromatic amines is 1. The van der Waals surface area contributed by atoms with Gasteiger partial charge in [-0.2, -0.15) is 15.3 Å². The van der Waals surface area contributed by atoms with Crippen LogP contribution in [0.2, 0.25) is 0 Å². The fourth-order valence-electron chi connectivity index (χ4n) is 5.93. The van der Waals surface area contributed by atoms with Crippen molar-refractivity contribution in [1.82, 2.24) is 25.1 Å². The molecule has 3 saturated heterocycles. The van der Waals surface area contributed by atoms with Crippen molar-refractivity contribution in [2.75, 3.05) is 10.6 Å². The van der Waals surface area contributed by atoms with Crippen molar-refractivity contribution in [3.8, 4) is 6.07 Å². The summed E-state index contributed by atoms with van der Waals surface area (Å²) in [6.45, 7) is -0.0875. The summed E-state index contributed by atoms with van der Waals surface area (Å²) >= 11 is 1.59. The number of hydrogen-bond donors (Lipinski definition) is 4. The van der Waals surface area contributed by atoms with E-state index in [-0.39, 0.29) is 12.1 Å². The number of H-pyrrole nitrogens is 1. The van der Waals surface area contributed by atoms with Gasteiger partial charge in [0.25, 0.3) is 0 Å². The summed E-state index contributed by atoms with van der Waals surface area (Å²) in [5.41, 5.74) is 0.808. The lowest BCUT2D eigenvalue weighted by molar-refractivity contribution is -0.0880. The monoisotopic (exact) mass is 436 g/mol. The van der Waals surface area contributed by atoms with Gasteiger partial charge in [0.15, 0.2) is 5.82 Å². The first kappa shape index (κ1) is 19.0. The van der Waals surface area contributed by atoms with E-state index in [1.54, 1.807) is 17.4 Å². The molecule has 0 spiro atoms. The maximum absolute atomic E-state index is 9.27. The van der Waals surface area contributed by atoms with Gasteiger partial charge in [0, 0.05) is 29.7 Å². The molecule has 6 rings (SSSR count). The van der Waals surface area contributed by atoms with Gasteiger partial charge in [-0.3, -0.25) is 10.00 Å². The molecule has 3 aliphatic rings. The molecular formula is C21H24N8OS. The number of piperidine rings is 1. The first-order chi connectivity index (χ1) is 15.2. The molecule has 10 heteroatoms. The van der Waals surface area contributed by atoms with E-state index in [1.165, 1.54) is 6.42 Å². The summed E-state index contributed by atoms with van der Waals surface area (Å²) in [4.78, 5) is 13.1. The Hall–Kier alpha value is -2.74. The number of nitrogens with zero attached hydrogens (tertiary/aromatic N) is 5. The van der Waals surface area contributed by atoms with Gasteiger partial charge in [0.05, 0.1) is 30.2 Å². The molecule has 4 N–H and O–H groups in total. The van der Waals surface area contributed by atoms with Crippen molar-refractivity contribution in [3.05, 3.63) is 23.2 Å². The highest BCUT2D eigenvalue weighted by molar-refractivity contribution is 7.16. The molecule has 4 atom stereocenters. The summed E-state index contributed by atoms with van der Waals surface area (Å²) in [6, 6.07) is 7.65. The normalized spacial score (nSPS) is 29.4. The standard InChI is InChI=1S/C21H24N8OS/c22-5-4-21-3-1-14-7-12(8-15(10-21)29(14)21)23-20-25-18(16-2-6-31-19(16)26-20)24-17-9-13(11-30)27-28-17/h2,6,9,12,14-15,30H,1,3-4,7-8,10-11H2,(H3,23,24,25,26,27,28)/t12-,14-,15-,21?/m1/s1. The van der Waals surface area contributed by atoms with Gasteiger partial charge < -0.3 is 15.7 Å². The second-order valence-corrected chi connectivity index (χ2v) is 9.82. The highest BCUT2D eigenvalue weighted by Gasteiger charge is 2.60. The second-order valence-electron chi connectivity index (χ2n) is 8.93. The smallest absolute Gasteiger partial charge is 0.226 e. The second kappa shape index (κ2) is 7.15. The summed E-state index contributed by atoms with van der Waals surface area (Å²) in [7, 11) is 0. The first-order valence-corrected chi connectivity index (χ1v) is 11.6. The quantitative estimate of drug-likeness (QED) is 0.464. The third kappa shape index (κ3) is 3.07. The lowest BCUT2D eigenvalue weighted by atomic mass is 9.72. The molecule has 0 bridgehead atoms. The molecule has 160 valence electrons. The van der Waals surface area contributed by atoms with Crippen molar-refractivity contribution >= 4 is 39.1 Å². The van der Waals surface area contributed by atoms with Crippen LogP contribution in [0, 0.1) is 11.3 Å². The van der Waals surface area contributed by atoms with E-state index < -0.39 is 0 Å². The number of fused-ring (bicyclic) bond motifs is 1. The zero-order valence-electron chi connectivity index (χ0n) is 17.0. The number of anilines is 3. The molecule has 3 aromatic rings. The number of aromatic nitrogens is 4. The van der Waals surface area contributed by atoms with Crippen molar-refractivity contribution in [2.45, 2.75) is 68.8 Å². The van der Waals surface area contributed by atoms with Gasteiger partial charge in [-0.25, -0.2) is 4.98 Å². The Balaban J connectivity index is 1.22. The largest absolute Gasteiger partial charge is 0.390 e. The molecule has 1 unspecified atom stereocenters. The van der Waals surface area contributed by atoms with E-state index in [1.807, 2.05) is 11.4 Å². The minimum atomic E-state index is -0.0875. The van der Waals surface area contributed by atoms with Crippen LogP contribution >= 0.6 is 11.3 Å². The molecule has 31 heavy (non-hydrogen) atoms. The topological polar surface area (TPSA) is 126 Å². The van der Waals surface area contributed by atoms with Crippen LogP contribution < -0.4 is 10.6 Å². The molecule has 3 aromatic heterocycles. The van der Waals surface area contributed by atoms with E-state index in [0.717, 1.165) is 35.9 Å². The molecule has 9 nitrogen and oxygen atoms in total. The van der Waals surface area contributed by atoms with E-state index in [4.69, 9.17) is 9.97 Å². The van der Waals surface area contributed by atoms with E-state index in [2.05, 4.69) is 31.8 Å². The number of aliphatic hydroxyl groups excluding tert-OH is 1. The van der Waals surface area contributed by atoms with Crippen LogP contribution in [-0.2, 0) is 6.61 Å². The number of hydrogen-bond acceptors (Lipinski definition) is 9. The van der Waals surface area contributed by atoms with Crippen LogP contribution in [0.1, 0.15) is 44.2 Å². The van der Waals surface area contributed by atoms with Crippen LogP contribution in [0.3, 0.4) is 0 Å². The molecule has 6 heterocycles. The van der Waals surface area contributed by atoms with Crippen LogP contribution in [-0.4, -0.2) is 53.8 Å². The Morgan fingerprint density at radius 3 is 3.10 bits per heavy atom. The Kier molecular flexibility index (Phi) is 4.38. The van der Waals surface area contributed by atoms with Gasteiger partial charge in [-0.15, -0.1) is 11.3 Å². The first-order valence-electron chi connectivity index (χ1n) is 10.8. The highest BCUT2D eigenvalue weighted by atomic mass is 32.1. The highest BCUT2D eigenvalue weighted by Crippen LogP contribution is 2.55. The Labute approximate surface area is 183 Å². The van der Waals surface area contributed by atoms with Crippen molar-refractivity contribution < 1.29 is 5.11 Å². The average Bonchev–Trinajstić information content (AvgIpc) is 3.46. The fraction of sp³-hybridized carbons (Fsp3) is 0.524. The maximum atomic E-state index is 9.27. The number of aliphatic hydroxyl groups is 1. The minimum absolute atomic E-state index is 0.0875. The Bertz CT molecular complexity index is 1170. The zero-order valence-corrected chi connectivity index (χ0v) is 17.8. The Morgan fingerprint density at radius 1 is 1.35 bits per heavy atom. The molecule has 0 radical (unpaired) electrons. The van der Waals surface area contributed by atoms with Gasteiger partial charge in [-0.05, 0) is 43.6 Å². The SMILES string of the molecule is N#CCC12CC[C@@H]3C[C@@H](Nc4nc(Nc5cc(CO)[nH]n5)c5ccsc5n4)C[C@H](C1)N32. The van der Waals surface area contributed by atoms with Crippen LogP contribution in [0.5, 0.6) is 0 Å². The van der Waals surface area contributed by atoms with Crippen LogP contribution in [0.15, 0.2) is 17.5 Å². The summed E-state index contributed by atoms with van der Waals surface area (Å²) < 4.78 is 0. The van der Waals surface area contributed by atoms with Gasteiger partial charge in [-0.1, -0.05) is 0 Å².